The SMILES string of the molecule is CC[C@@H]1CCCC[C@@H](CO)[C@@H]2CC[C@H]2CN2CCCCc3cc(Cl)ccc3COc3ccc(cc32)C(=O)NS1(=O)=O. The lowest BCUT2D eigenvalue weighted by Gasteiger charge is -2.44. The van der Waals surface area contributed by atoms with E-state index in [2.05, 4.69) is 9.62 Å². The number of benzene rings is 2. The van der Waals surface area contributed by atoms with Gasteiger partial charge in [-0.3, -0.25) is 4.79 Å². The van der Waals surface area contributed by atoms with Crippen molar-refractivity contribution in [2.75, 3.05) is 24.6 Å². The normalized spacial score (nSPS) is 27.2. The van der Waals surface area contributed by atoms with Crippen molar-refractivity contribution >= 4 is 33.2 Å². The lowest BCUT2D eigenvalue weighted by Crippen LogP contribution is -2.43. The van der Waals surface area contributed by atoms with Gasteiger partial charge in [0, 0.05) is 30.3 Å². The summed E-state index contributed by atoms with van der Waals surface area (Å²) >= 11 is 6.31. The van der Waals surface area contributed by atoms with Gasteiger partial charge in [-0.2, -0.15) is 0 Å². The number of sulfonamides is 1. The zero-order chi connectivity index (χ0) is 29.0. The van der Waals surface area contributed by atoms with E-state index in [0.29, 0.717) is 42.6 Å². The molecule has 0 radical (unpaired) electrons. The van der Waals surface area contributed by atoms with Gasteiger partial charge in [-0.25, -0.2) is 13.1 Å². The molecule has 1 aliphatic carbocycles. The van der Waals surface area contributed by atoms with Crippen LogP contribution in [-0.4, -0.2) is 44.4 Å². The number of carbonyl (C=O) groups is 1. The fourth-order valence-corrected chi connectivity index (χ4v) is 8.53. The molecule has 9 heteroatoms. The zero-order valence-electron chi connectivity index (χ0n) is 24.0. The molecule has 224 valence electrons. The number of carbonyl (C=O) groups excluding carboxylic acids is 1. The molecule has 2 heterocycles. The summed E-state index contributed by atoms with van der Waals surface area (Å²) in [5, 5.41) is 10.4. The number of rotatable bonds is 2. The molecule has 0 aromatic heterocycles. The fraction of sp³-hybridized carbons (Fsp3) is 0.594. The molecule has 3 aliphatic rings. The van der Waals surface area contributed by atoms with Crippen LogP contribution in [0.15, 0.2) is 36.4 Å². The van der Waals surface area contributed by atoms with E-state index in [4.69, 9.17) is 16.3 Å². The van der Waals surface area contributed by atoms with Crippen molar-refractivity contribution in [3.63, 3.8) is 0 Å². The second kappa shape index (κ2) is 13.3. The third kappa shape index (κ3) is 7.03. The minimum Gasteiger partial charge on any atom is -0.487 e. The Hall–Kier alpha value is -2.29. The lowest BCUT2D eigenvalue weighted by atomic mass is 9.65. The molecule has 1 amide bonds. The summed E-state index contributed by atoms with van der Waals surface area (Å²) in [5.41, 5.74) is 3.40. The van der Waals surface area contributed by atoms with Crippen LogP contribution < -0.4 is 14.4 Å². The molecule has 2 aromatic carbocycles. The van der Waals surface area contributed by atoms with Gasteiger partial charge in [0.25, 0.3) is 5.91 Å². The van der Waals surface area contributed by atoms with E-state index in [1.807, 2.05) is 25.1 Å². The van der Waals surface area contributed by atoms with Crippen molar-refractivity contribution in [2.24, 2.45) is 17.8 Å². The molecule has 0 saturated heterocycles. The molecule has 41 heavy (non-hydrogen) atoms. The van der Waals surface area contributed by atoms with Gasteiger partial charge in [0.2, 0.25) is 10.0 Å². The molecular formula is C32H43ClN2O5S. The first-order chi connectivity index (χ1) is 19.8. The van der Waals surface area contributed by atoms with Crippen LogP contribution in [0.1, 0.15) is 86.2 Å². The number of amides is 1. The quantitative estimate of drug-likeness (QED) is 0.431. The highest BCUT2D eigenvalue weighted by atomic mass is 35.5. The smallest absolute Gasteiger partial charge is 0.264 e. The van der Waals surface area contributed by atoms with Gasteiger partial charge in [0.1, 0.15) is 12.4 Å². The summed E-state index contributed by atoms with van der Waals surface area (Å²) in [6, 6.07) is 11.2. The molecule has 2 bridgehead atoms. The first kappa shape index (κ1) is 30.2. The standard InChI is InChI=1S/C32H43ClN2O5S/c1-2-28-9-4-3-8-25(20-36)29-14-11-24(29)19-35-16-6-5-7-22-17-27(33)13-10-26(22)21-40-31-15-12-23(18-30(31)35)32(37)34-41(28,38)39/h10,12-13,15,17-18,24-25,28-29,36H,2-9,11,14,16,19-21H2,1H3,(H,34,37)/t24-,25-,28+,29+/m0/s1. The van der Waals surface area contributed by atoms with Crippen LogP contribution in [0.3, 0.4) is 0 Å². The number of nitrogens with one attached hydrogen (secondary N) is 1. The van der Waals surface area contributed by atoms with E-state index in [1.54, 1.807) is 18.2 Å². The third-order valence-electron chi connectivity index (χ3n) is 9.49. The second-order valence-electron chi connectivity index (χ2n) is 12.0. The monoisotopic (exact) mass is 602 g/mol. The number of halogens is 1. The van der Waals surface area contributed by atoms with E-state index < -0.39 is 21.2 Å². The summed E-state index contributed by atoms with van der Waals surface area (Å²) in [7, 11) is -3.83. The Bertz CT molecular complexity index is 1330. The molecule has 2 aromatic rings. The average Bonchev–Trinajstić information content (AvgIpc) is 2.96. The van der Waals surface area contributed by atoms with Gasteiger partial charge < -0.3 is 14.7 Å². The van der Waals surface area contributed by atoms with Crippen LogP contribution in [-0.2, 0) is 23.1 Å². The number of fused-ring (bicyclic) bond motifs is 3. The number of ether oxygens (including phenoxy) is 1. The van der Waals surface area contributed by atoms with Gasteiger partial charge in [-0.1, -0.05) is 37.4 Å². The zero-order valence-corrected chi connectivity index (χ0v) is 25.6. The van der Waals surface area contributed by atoms with Gasteiger partial charge in [-0.05, 0) is 111 Å². The van der Waals surface area contributed by atoms with Crippen LogP contribution in [0.4, 0.5) is 5.69 Å². The molecule has 2 N–H and O–H groups in total. The van der Waals surface area contributed by atoms with E-state index in [1.165, 1.54) is 5.56 Å². The third-order valence-corrected chi connectivity index (χ3v) is 11.6. The maximum atomic E-state index is 13.3. The summed E-state index contributed by atoms with van der Waals surface area (Å²) in [6.07, 6.45) is 8.55. The molecule has 1 saturated carbocycles. The van der Waals surface area contributed by atoms with E-state index in [-0.39, 0.29) is 12.5 Å². The number of hydrogen-bond acceptors (Lipinski definition) is 6. The number of hydrogen-bond donors (Lipinski definition) is 2. The summed E-state index contributed by atoms with van der Waals surface area (Å²) in [4.78, 5) is 15.6. The average molecular weight is 603 g/mol. The number of aliphatic hydroxyl groups is 1. The van der Waals surface area contributed by atoms with Gasteiger partial charge in [0.05, 0.1) is 10.9 Å². The van der Waals surface area contributed by atoms with Crippen molar-refractivity contribution in [1.29, 1.82) is 0 Å². The molecule has 0 unspecified atom stereocenters. The first-order valence-corrected chi connectivity index (χ1v) is 17.2. The highest BCUT2D eigenvalue weighted by molar-refractivity contribution is 7.90. The predicted molar refractivity (Wildman–Crippen MR) is 163 cm³/mol. The molecule has 1 fully saturated rings. The number of anilines is 1. The van der Waals surface area contributed by atoms with Crippen LogP contribution >= 0.6 is 11.6 Å². The van der Waals surface area contributed by atoms with E-state index in [9.17, 15) is 18.3 Å². The van der Waals surface area contributed by atoms with E-state index in [0.717, 1.165) is 80.7 Å². The Balaban J connectivity index is 1.53. The van der Waals surface area contributed by atoms with Crippen molar-refractivity contribution in [2.45, 2.75) is 83.0 Å². The summed E-state index contributed by atoms with van der Waals surface area (Å²) in [6.45, 7) is 4.00. The van der Waals surface area contributed by atoms with Crippen LogP contribution in [0.2, 0.25) is 5.02 Å². The fourth-order valence-electron chi connectivity index (χ4n) is 6.87. The maximum absolute atomic E-state index is 13.3. The van der Waals surface area contributed by atoms with Crippen LogP contribution in [0, 0.1) is 17.8 Å². The highest BCUT2D eigenvalue weighted by Gasteiger charge is 2.38. The Morgan fingerprint density at radius 2 is 1.85 bits per heavy atom. The Morgan fingerprint density at radius 3 is 2.61 bits per heavy atom. The van der Waals surface area contributed by atoms with Crippen molar-refractivity contribution in [3.05, 3.63) is 58.1 Å². The number of nitrogens with zero attached hydrogens (tertiary/aromatic N) is 1. The van der Waals surface area contributed by atoms with Gasteiger partial charge in [0.15, 0.2) is 0 Å². The topological polar surface area (TPSA) is 95.9 Å². The lowest BCUT2D eigenvalue weighted by molar-refractivity contribution is 0.0581. The largest absolute Gasteiger partial charge is 0.487 e. The number of aliphatic hydroxyl groups excluding tert-OH is 1. The Morgan fingerprint density at radius 1 is 1.02 bits per heavy atom. The predicted octanol–water partition coefficient (Wildman–Crippen LogP) is 6.11. The van der Waals surface area contributed by atoms with Crippen molar-refractivity contribution < 1.29 is 23.1 Å². The maximum Gasteiger partial charge on any atom is 0.264 e. The van der Waals surface area contributed by atoms with Crippen LogP contribution in [0.25, 0.3) is 0 Å². The Labute approximate surface area is 249 Å². The van der Waals surface area contributed by atoms with Gasteiger partial charge >= 0.3 is 0 Å². The minimum atomic E-state index is -3.83. The first-order valence-electron chi connectivity index (χ1n) is 15.2. The molecule has 4 atom stereocenters. The van der Waals surface area contributed by atoms with Crippen LogP contribution in [0.5, 0.6) is 5.75 Å². The van der Waals surface area contributed by atoms with Crippen molar-refractivity contribution in [1.82, 2.24) is 4.72 Å². The molecule has 2 aliphatic heterocycles. The highest BCUT2D eigenvalue weighted by Crippen LogP contribution is 2.44. The minimum absolute atomic E-state index is 0.164. The molecule has 0 spiro atoms. The van der Waals surface area contributed by atoms with Gasteiger partial charge in [-0.15, -0.1) is 0 Å². The number of aryl methyl sites for hydroxylation is 1. The second-order valence-corrected chi connectivity index (χ2v) is 14.4. The molecule has 7 nitrogen and oxygen atoms in total. The van der Waals surface area contributed by atoms with E-state index >= 15 is 0 Å². The summed E-state index contributed by atoms with van der Waals surface area (Å²) < 4.78 is 35.2. The molecule has 5 rings (SSSR count). The Kier molecular flexibility index (Phi) is 9.82. The van der Waals surface area contributed by atoms with Crippen molar-refractivity contribution in [3.8, 4) is 5.75 Å². The molecular weight excluding hydrogens is 560 g/mol. The summed E-state index contributed by atoms with van der Waals surface area (Å²) in [5.74, 6) is 1.20.